The predicted molar refractivity (Wildman–Crippen MR) is 78.6 cm³/mol. The summed E-state index contributed by atoms with van der Waals surface area (Å²) in [5.74, 6) is 1.09. The van der Waals surface area contributed by atoms with Gasteiger partial charge >= 0.3 is 0 Å². The third-order valence-corrected chi connectivity index (χ3v) is 4.33. The Morgan fingerprint density at radius 2 is 2.16 bits per heavy atom. The van der Waals surface area contributed by atoms with E-state index in [0.717, 1.165) is 23.0 Å². The summed E-state index contributed by atoms with van der Waals surface area (Å²) < 4.78 is 2.09. The molecule has 3 rings (SSSR count). The number of likely N-dealkylation sites (tertiary alicyclic amines) is 1. The Hall–Kier alpha value is -1.06. The number of hydrogen-bond donors (Lipinski definition) is 0. The smallest absolute Gasteiger partial charge is 0.131 e. The molecule has 0 aromatic carbocycles. The van der Waals surface area contributed by atoms with Crippen LogP contribution < -0.4 is 0 Å². The molecule has 0 spiro atoms. The Morgan fingerprint density at radius 3 is 2.95 bits per heavy atom. The van der Waals surface area contributed by atoms with Crippen LogP contribution in [0.1, 0.15) is 45.0 Å². The minimum atomic E-state index is 0.385. The van der Waals surface area contributed by atoms with Gasteiger partial charge < -0.3 is 0 Å². The summed E-state index contributed by atoms with van der Waals surface area (Å²) in [6.45, 7) is 5.67. The molecule has 0 amide bonds. The zero-order chi connectivity index (χ0) is 13.4. The molecule has 1 saturated heterocycles. The van der Waals surface area contributed by atoms with Crippen molar-refractivity contribution in [1.82, 2.24) is 14.3 Å². The van der Waals surface area contributed by atoms with E-state index in [1.807, 2.05) is 18.3 Å². The maximum atomic E-state index is 6.35. The van der Waals surface area contributed by atoms with Crippen LogP contribution >= 0.6 is 11.6 Å². The largest absolute Gasteiger partial charge is 0.291 e. The first-order valence-corrected chi connectivity index (χ1v) is 7.44. The second kappa shape index (κ2) is 5.14. The molecule has 3 heterocycles. The Kier molecular flexibility index (Phi) is 3.50. The summed E-state index contributed by atoms with van der Waals surface area (Å²) in [6.07, 6.45) is 5.65. The van der Waals surface area contributed by atoms with E-state index < -0.39 is 0 Å². The monoisotopic (exact) mass is 277 g/mol. The number of nitrogens with zero attached hydrogens (tertiary/aromatic N) is 3. The summed E-state index contributed by atoms with van der Waals surface area (Å²) in [6, 6.07) is 6.90. The van der Waals surface area contributed by atoms with Crippen LogP contribution in [-0.2, 0) is 0 Å². The van der Waals surface area contributed by atoms with Gasteiger partial charge in [0.2, 0.25) is 0 Å². The number of pyridine rings is 1. The van der Waals surface area contributed by atoms with Gasteiger partial charge in [0.15, 0.2) is 0 Å². The van der Waals surface area contributed by atoms with Crippen molar-refractivity contribution in [3.05, 3.63) is 35.4 Å². The zero-order valence-corrected chi connectivity index (χ0v) is 12.3. The van der Waals surface area contributed by atoms with Crippen LogP contribution in [0.4, 0.5) is 0 Å². The van der Waals surface area contributed by atoms with Gasteiger partial charge in [0.25, 0.3) is 0 Å². The van der Waals surface area contributed by atoms with Crippen molar-refractivity contribution in [3.63, 3.8) is 0 Å². The molecule has 0 N–H and O–H groups in total. The molecular formula is C15H20ClN3. The van der Waals surface area contributed by atoms with Gasteiger partial charge in [-0.3, -0.25) is 9.30 Å². The van der Waals surface area contributed by atoms with Crippen molar-refractivity contribution >= 4 is 17.1 Å². The zero-order valence-electron chi connectivity index (χ0n) is 11.5. The number of imidazole rings is 1. The molecule has 1 aliphatic heterocycles. The van der Waals surface area contributed by atoms with E-state index in [2.05, 4.69) is 34.2 Å². The first kappa shape index (κ1) is 12.9. The standard InChI is InChI=1S/C15H20ClN3/c1-11(2)18-9-4-3-7-13(18)15-17-10-12-6-5-8-14(16)19(12)15/h5-6,8,10-11,13H,3-4,7,9H2,1-2H3. The molecule has 3 nitrogen and oxygen atoms in total. The molecule has 1 fully saturated rings. The Bertz CT molecular complexity index is 576. The van der Waals surface area contributed by atoms with Gasteiger partial charge in [0, 0.05) is 6.04 Å². The van der Waals surface area contributed by atoms with Gasteiger partial charge in [0.05, 0.1) is 17.8 Å². The van der Waals surface area contributed by atoms with E-state index in [0.29, 0.717) is 12.1 Å². The van der Waals surface area contributed by atoms with Crippen LogP contribution in [-0.4, -0.2) is 26.9 Å². The molecule has 0 radical (unpaired) electrons. The molecule has 1 atom stereocenters. The Morgan fingerprint density at radius 1 is 1.32 bits per heavy atom. The predicted octanol–water partition coefficient (Wildman–Crippen LogP) is 3.92. The number of hydrogen-bond acceptors (Lipinski definition) is 2. The molecule has 0 aliphatic carbocycles. The third kappa shape index (κ3) is 2.26. The van der Waals surface area contributed by atoms with Gasteiger partial charge in [-0.15, -0.1) is 0 Å². The normalized spacial score (nSPS) is 21.4. The van der Waals surface area contributed by atoms with Crippen molar-refractivity contribution in [1.29, 1.82) is 0 Å². The second-order valence-electron chi connectivity index (χ2n) is 5.57. The lowest BCUT2D eigenvalue weighted by molar-refractivity contribution is 0.106. The molecule has 4 heteroatoms. The second-order valence-corrected chi connectivity index (χ2v) is 5.96. The highest BCUT2D eigenvalue weighted by atomic mass is 35.5. The van der Waals surface area contributed by atoms with Crippen molar-refractivity contribution in [2.45, 2.75) is 45.2 Å². The summed E-state index contributed by atoms with van der Waals surface area (Å²) in [7, 11) is 0. The Balaban J connectivity index is 2.07. The van der Waals surface area contributed by atoms with Crippen LogP contribution in [0.2, 0.25) is 5.15 Å². The summed E-state index contributed by atoms with van der Waals surface area (Å²) >= 11 is 6.35. The maximum absolute atomic E-state index is 6.35. The molecule has 19 heavy (non-hydrogen) atoms. The van der Waals surface area contributed by atoms with Crippen molar-refractivity contribution < 1.29 is 0 Å². The first-order valence-electron chi connectivity index (χ1n) is 7.06. The highest BCUT2D eigenvalue weighted by Gasteiger charge is 2.29. The summed E-state index contributed by atoms with van der Waals surface area (Å²) in [5.41, 5.74) is 1.08. The first-order chi connectivity index (χ1) is 9.18. The van der Waals surface area contributed by atoms with Gasteiger partial charge in [-0.2, -0.15) is 0 Å². The molecule has 102 valence electrons. The minimum Gasteiger partial charge on any atom is -0.291 e. The van der Waals surface area contributed by atoms with Gasteiger partial charge in [-0.1, -0.05) is 24.1 Å². The maximum Gasteiger partial charge on any atom is 0.131 e. The third-order valence-electron chi connectivity index (χ3n) is 4.04. The molecule has 2 aromatic heterocycles. The van der Waals surface area contributed by atoms with Crippen LogP contribution in [0, 0.1) is 0 Å². The van der Waals surface area contributed by atoms with Crippen LogP contribution in [0.3, 0.4) is 0 Å². The lowest BCUT2D eigenvalue weighted by Gasteiger charge is -2.37. The van der Waals surface area contributed by atoms with E-state index in [1.54, 1.807) is 0 Å². The summed E-state index contributed by atoms with van der Waals surface area (Å²) in [4.78, 5) is 7.19. The van der Waals surface area contributed by atoms with E-state index in [9.17, 15) is 0 Å². The van der Waals surface area contributed by atoms with Gasteiger partial charge in [0.1, 0.15) is 11.0 Å². The van der Waals surface area contributed by atoms with E-state index in [4.69, 9.17) is 11.6 Å². The number of aromatic nitrogens is 2. The van der Waals surface area contributed by atoms with Gasteiger partial charge in [-0.05, 0) is 45.4 Å². The fourth-order valence-electron chi connectivity index (χ4n) is 3.12. The minimum absolute atomic E-state index is 0.385. The number of rotatable bonds is 2. The average Bonchev–Trinajstić information content (AvgIpc) is 2.84. The van der Waals surface area contributed by atoms with Crippen LogP contribution in [0.15, 0.2) is 24.4 Å². The molecule has 2 aromatic rings. The van der Waals surface area contributed by atoms with Gasteiger partial charge in [-0.25, -0.2) is 4.98 Å². The molecular weight excluding hydrogens is 258 g/mol. The molecule has 1 aliphatic rings. The van der Waals surface area contributed by atoms with Crippen molar-refractivity contribution in [2.24, 2.45) is 0 Å². The molecule has 1 unspecified atom stereocenters. The Labute approximate surface area is 119 Å². The van der Waals surface area contributed by atoms with E-state index in [-0.39, 0.29) is 0 Å². The average molecular weight is 278 g/mol. The molecule has 0 saturated carbocycles. The lowest BCUT2D eigenvalue weighted by Crippen LogP contribution is -2.39. The topological polar surface area (TPSA) is 20.5 Å². The van der Waals surface area contributed by atoms with Crippen molar-refractivity contribution in [3.8, 4) is 0 Å². The fraction of sp³-hybridized carbons (Fsp3) is 0.533. The van der Waals surface area contributed by atoms with Crippen LogP contribution in [0.25, 0.3) is 5.52 Å². The quantitative estimate of drug-likeness (QED) is 0.776. The number of piperidine rings is 1. The van der Waals surface area contributed by atoms with Crippen molar-refractivity contribution in [2.75, 3.05) is 6.54 Å². The molecule has 0 bridgehead atoms. The fourth-order valence-corrected chi connectivity index (χ4v) is 3.37. The number of fused-ring (bicyclic) bond motifs is 1. The lowest BCUT2D eigenvalue weighted by atomic mass is 10.00. The van der Waals surface area contributed by atoms with Crippen LogP contribution in [0.5, 0.6) is 0 Å². The van der Waals surface area contributed by atoms with E-state index in [1.165, 1.54) is 19.3 Å². The highest BCUT2D eigenvalue weighted by molar-refractivity contribution is 6.29. The highest BCUT2D eigenvalue weighted by Crippen LogP contribution is 2.33. The van der Waals surface area contributed by atoms with E-state index >= 15 is 0 Å². The summed E-state index contributed by atoms with van der Waals surface area (Å²) in [5, 5.41) is 0.749. The SMILES string of the molecule is CC(C)N1CCCCC1c1ncc2cccc(Cl)n12. The number of halogens is 1.